The number of hydrogen-bond acceptors (Lipinski definition) is 7. The Bertz CT molecular complexity index is 1430. The minimum atomic E-state index is -4.65. The number of carbonyl (C=O) groups is 3. The Kier molecular flexibility index (Phi) is 5.72. The number of rotatable bonds is 5. The number of pyridine rings is 1. The standard InChI is InChI=1S/C24H21F3N6O4/c1-13-12-32(21(35)14-3-5-15(6-4-14)23(30-31-23)24(25,26)27)9-10-33(13)22(36)19(34)16-11-29-20-18(16)17(37-2)7-8-28-20/h3-8,11,13H,9-10,12H2,1-2H3,(H,28,29)/t13-/m1/s1. The summed E-state index contributed by atoms with van der Waals surface area (Å²) < 4.78 is 44.9. The summed E-state index contributed by atoms with van der Waals surface area (Å²) in [6, 6.07) is 6.10. The molecule has 0 bridgehead atoms. The number of ketones is 1. The average molecular weight is 514 g/mol. The monoisotopic (exact) mass is 514 g/mol. The van der Waals surface area contributed by atoms with E-state index in [1.807, 2.05) is 0 Å². The molecular formula is C24H21F3N6O4. The predicted octanol–water partition coefficient (Wildman–Crippen LogP) is 3.31. The number of nitrogens with one attached hydrogen (secondary N) is 1. The molecule has 1 N–H and O–H groups in total. The van der Waals surface area contributed by atoms with Crippen LogP contribution in [0.15, 0.2) is 53.0 Å². The lowest BCUT2D eigenvalue weighted by Gasteiger charge is -2.39. The summed E-state index contributed by atoms with van der Waals surface area (Å²) in [5.74, 6) is -1.43. The molecule has 192 valence electrons. The number of carbonyl (C=O) groups excluding carboxylic acids is 3. The van der Waals surface area contributed by atoms with Gasteiger partial charge in [0.15, 0.2) is 0 Å². The zero-order valence-electron chi connectivity index (χ0n) is 19.7. The molecule has 2 aliphatic rings. The van der Waals surface area contributed by atoms with Crippen molar-refractivity contribution in [3.63, 3.8) is 0 Å². The van der Waals surface area contributed by atoms with Crippen molar-refractivity contribution in [2.45, 2.75) is 24.8 Å². The number of aromatic nitrogens is 2. The molecule has 2 aliphatic heterocycles. The molecule has 0 unspecified atom stereocenters. The highest BCUT2D eigenvalue weighted by Gasteiger charge is 2.65. The van der Waals surface area contributed by atoms with Crippen LogP contribution in [0.1, 0.15) is 33.2 Å². The Morgan fingerprint density at radius 2 is 1.81 bits per heavy atom. The zero-order valence-corrected chi connectivity index (χ0v) is 19.7. The molecule has 37 heavy (non-hydrogen) atoms. The molecule has 3 aromatic rings. The Balaban J connectivity index is 1.27. The minimum Gasteiger partial charge on any atom is -0.496 e. The molecule has 2 amide bonds. The van der Waals surface area contributed by atoms with E-state index in [0.717, 1.165) is 0 Å². The first-order chi connectivity index (χ1) is 17.6. The molecule has 5 rings (SSSR count). The van der Waals surface area contributed by atoms with Gasteiger partial charge in [-0.1, -0.05) is 12.1 Å². The van der Waals surface area contributed by atoms with Gasteiger partial charge in [0.05, 0.1) is 18.1 Å². The molecule has 0 spiro atoms. The highest BCUT2D eigenvalue weighted by molar-refractivity contribution is 6.45. The van der Waals surface area contributed by atoms with E-state index in [4.69, 9.17) is 4.74 Å². The van der Waals surface area contributed by atoms with E-state index in [2.05, 4.69) is 20.2 Å². The van der Waals surface area contributed by atoms with Gasteiger partial charge < -0.3 is 19.5 Å². The summed E-state index contributed by atoms with van der Waals surface area (Å²) in [6.07, 6.45) is -1.72. The zero-order chi connectivity index (χ0) is 26.5. The second-order valence-corrected chi connectivity index (χ2v) is 8.81. The smallest absolute Gasteiger partial charge is 0.442 e. The van der Waals surface area contributed by atoms with E-state index in [0.29, 0.717) is 16.8 Å². The Labute approximate surface area is 208 Å². The molecule has 4 heterocycles. The van der Waals surface area contributed by atoms with E-state index in [9.17, 15) is 27.6 Å². The SMILES string of the molecule is COc1ccnc2[nH]cc(C(=O)C(=O)N3CCN(C(=O)c4ccc(C5(C(F)(F)F)N=N5)cc4)C[C@H]3C)c12. The van der Waals surface area contributed by atoms with E-state index in [1.165, 1.54) is 53.6 Å². The first kappa shape index (κ1) is 24.4. The van der Waals surface area contributed by atoms with Crippen LogP contribution < -0.4 is 4.74 Å². The highest BCUT2D eigenvalue weighted by atomic mass is 19.4. The van der Waals surface area contributed by atoms with Gasteiger partial charge in [0, 0.05) is 49.2 Å². The van der Waals surface area contributed by atoms with Gasteiger partial charge in [-0.2, -0.15) is 13.2 Å². The van der Waals surface area contributed by atoms with Crippen LogP contribution in [0.25, 0.3) is 11.0 Å². The fourth-order valence-electron chi connectivity index (χ4n) is 4.54. The molecular weight excluding hydrogens is 493 g/mol. The number of amides is 2. The molecule has 10 nitrogen and oxygen atoms in total. The van der Waals surface area contributed by atoms with Crippen LogP contribution in [-0.2, 0) is 10.5 Å². The van der Waals surface area contributed by atoms with E-state index >= 15 is 0 Å². The van der Waals surface area contributed by atoms with Crippen molar-refractivity contribution >= 4 is 28.6 Å². The van der Waals surface area contributed by atoms with Gasteiger partial charge in [-0.3, -0.25) is 14.4 Å². The molecule has 0 saturated carbocycles. The lowest BCUT2D eigenvalue weighted by molar-refractivity contribution is -0.166. The molecule has 0 radical (unpaired) electrons. The number of fused-ring (bicyclic) bond motifs is 1. The third kappa shape index (κ3) is 3.99. The number of hydrogen-bond donors (Lipinski definition) is 1. The van der Waals surface area contributed by atoms with Gasteiger partial charge >= 0.3 is 11.8 Å². The first-order valence-electron chi connectivity index (χ1n) is 11.3. The van der Waals surface area contributed by atoms with Gasteiger partial charge in [0.1, 0.15) is 11.4 Å². The maximum atomic E-state index is 13.2. The van der Waals surface area contributed by atoms with Gasteiger partial charge in [-0.05, 0) is 25.1 Å². The van der Waals surface area contributed by atoms with Crippen LogP contribution in [0.4, 0.5) is 13.2 Å². The lowest BCUT2D eigenvalue weighted by Crippen LogP contribution is -2.56. The highest BCUT2D eigenvalue weighted by Crippen LogP contribution is 2.52. The first-order valence-corrected chi connectivity index (χ1v) is 11.3. The minimum absolute atomic E-state index is 0.113. The summed E-state index contributed by atoms with van der Waals surface area (Å²) >= 11 is 0. The number of Topliss-reactive ketones (excluding diaryl/α,β-unsaturated/α-hetero) is 1. The Hall–Kier alpha value is -4.29. The van der Waals surface area contributed by atoms with Crippen LogP contribution in [0.5, 0.6) is 5.75 Å². The van der Waals surface area contributed by atoms with Gasteiger partial charge in [0.2, 0.25) is 0 Å². The quantitative estimate of drug-likeness (QED) is 0.414. The summed E-state index contributed by atoms with van der Waals surface area (Å²) in [5.41, 5.74) is -1.96. The van der Waals surface area contributed by atoms with Crippen molar-refractivity contribution in [2.24, 2.45) is 10.2 Å². The topological polar surface area (TPSA) is 120 Å². The van der Waals surface area contributed by atoms with Crippen molar-refractivity contribution in [2.75, 3.05) is 26.7 Å². The number of nitrogens with zero attached hydrogens (tertiary/aromatic N) is 5. The molecule has 0 aliphatic carbocycles. The molecule has 1 aromatic carbocycles. The van der Waals surface area contributed by atoms with Crippen LogP contribution in [0.3, 0.4) is 0 Å². The number of H-pyrrole nitrogens is 1. The van der Waals surface area contributed by atoms with Crippen molar-refractivity contribution in [3.05, 3.63) is 59.4 Å². The number of aromatic amines is 1. The van der Waals surface area contributed by atoms with Crippen molar-refractivity contribution < 1.29 is 32.3 Å². The molecule has 13 heteroatoms. The third-order valence-corrected chi connectivity index (χ3v) is 6.60. The molecule has 2 aromatic heterocycles. The fraction of sp³-hybridized carbons (Fsp3) is 0.333. The van der Waals surface area contributed by atoms with E-state index in [-0.39, 0.29) is 36.3 Å². The number of piperazine rings is 1. The number of benzene rings is 1. The fourth-order valence-corrected chi connectivity index (χ4v) is 4.54. The lowest BCUT2D eigenvalue weighted by atomic mass is 10.0. The maximum Gasteiger partial charge on any atom is 0.442 e. The van der Waals surface area contributed by atoms with Crippen molar-refractivity contribution in [1.82, 2.24) is 19.8 Å². The summed E-state index contributed by atoms with van der Waals surface area (Å²) in [4.78, 5) is 49.1. The number of methoxy groups -OCH3 is 1. The number of alkyl halides is 3. The number of halogens is 3. The second-order valence-electron chi connectivity index (χ2n) is 8.81. The van der Waals surface area contributed by atoms with Crippen molar-refractivity contribution in [3.8, 4) is 5.75 Å². The van der Waals surface area contributed by atoms with E-state index in [1.54, 1.807) is 13.0 Å². The second kappa shape index (κ2) is 8.68. The summed E-state index contributed by atoms with van der Waals surface area (Å²) in [5, 5.41) is 6.73. The molecule has 1 atom stereocenters. The normalized spacial score (nSPS) is 18.7. The van der Waals surface area contributed by atoms with Gasteiger partial charge in [-0.25, -0.2) is 4.98 Å². The van der Waals surface area contributed by atoms with Crippen molar-refractivity contribution in [1.29, 1.82) is 0 Å². The van der Waals surface area contributed by atoms with Crippen LogP contribution in [0, 0.1) is 0 Å². The molecule has 1 fully saturated rings. The van der Waals surface area contributed by atoms with Crippen LogP contribution >= 0.6 is 0 Å². The average Bonchev–Trinajstić information content (AvgIpc) is 3.61. The van der Waals surface area contributed by atoms with E-state index < -0.39 is 35.5 Å². The van der Waals surface area contributed by atoms with Crippen LogP contribution in [-0.4, -0.2) is 76.3 Å². The maximum absolute atomic E-state index is 13.2. The van der Waals surface area contributed by atoms with Gasteiger partial charge in [0.25, 0.3) is 17.6 Å². The molecule has 1 saturated heterocycles. The summed E-state index contributed by atoms with van der Waals surface area (Å²) in [6.45, 7) is 2.13. The van der Waals surface area contributed by atoms with Crippen LogP contribution in [0.2, 0.25) is 0 Å². The Morgan fingerprint density at radius 3 is 2.41 bits per heavy atom. The summed E-state index contributed by atoms with van der Waals surface area (Å²) in [7, 11) is 1.45. The Morgan fingerprint density at radius 1 is 1.11 bits per heavy atom. The van der Waals surface area contributed by atoms with Gasteiger partial charge in [-0.15, -0.1) is 10.2 Å². The third-order valence-electron chi connectivity index (χ3n) is 6.60. The largest absolute Gasteiger partial charge is 0.496 e. The number of ether oxygens (including phenoxy) is 1. The predicted molar refractivity (Wildman–Crippen MR) is 123 cm³/mol.